The Morgan fingerprint density at radius 3 is 2.50 bits per heavy atom. The van der Waals surface area contributed by atoms with Crippen molar-refractivity contribution in [3.8, 4) is 11.5 Å². The van der Waals surface area contributed by atoms with Gasteiger partial charge in [-0.1, -0.05) is 6.07 Å². The fraction of sp³-hybridized carbons (Fsp3) is 0.400. The molecule has 1 aromatic heterocycles. The van der Waals surface area contributed by atoms with Crippen LogP contribution in [0.4, 0.5) is 13.8 Å². The molecule has 0 fully saturated rings. The Morgan fingerprint density at radius 1 is 1.20 bits per heavy atom. The lowest BCUT2D eigenvalue weighted by molar-refractivity contribution is -0.117. The quantitative estimate of drug-likeness (QED) is 0.595. The van der Waals surface area contributed by atoms with Crippen molar-refractivity contribution in [1.29, 1.82) is 0 Å². The van der Waals surface area contributed by atoms with Crippen molar-refractivity contribution < 1.29 is 32.6 Å². The fourth-order valence-electron chi connectivity index (χ4n) is 2.85. The fourth-order valence-corrected chi connectivity index (χ4v) is 3.91. The lowest BCUT2D eigenvalue weighted by Crippen LogP contribution is -2.30. The molecule has 1 amide bonds. The van der Waals surface area contributed by atoms with E-state index >= 15 is 0 Å². The predicted octanol–water partition coefficient (Wildman–Crippen LogP) is 3.83. The molecule has 10 heteroatoms. The van der Waals surface area contributed by atoms with Gasteiger partial charge in [0.2, 0.25) is 5.91 Å². The molecule has 0 saturated heterocycles. The van der Waals surface area contributed by atoms with Gasteiger partial charge < -0.3 is 19.5 Å². The Bertz CT molecular complexity index is 917. The van der Waals surface area contributed by atoms with Crippen LogP contribution < -0.4 is 14.8 Å². The summed E-state index contributed by atoms with van der Waals surface area (Å²) in [7, 11) is 4.39. The molecule has 30 heavy (non-hydrogen) atoms. The minimum Gasteiger partial charge on any atom is -0.493 e. The minimum absolute atomic E-state index is 0.0498. The Balaban J connectivity index is 2.04. The van der Waals surface area contributed by atoms with Crippen LogP contribution in [-0.2, 0) is 16.1 Å². The molecule has 0 aliphatic carbocycles. The average molecular weight is 442 g/mol. The van der Waals surface area contributed by atoms with Crippen molar-refractivity contribution in [2.24, 2.45) is 0 Å². The molecule has 1 aromatic carbocycles. The number of alkyl halides is 2. The molecule has 1 N–H and O–H groups in total. The number of benzene rings is 1. The lowest BCUT2D eigenvalue weighted by Gasteiger charge is -2.18. The summed E-state index contributed by atoms with van der Waals surface area (Å²) in [5, 5.41) is 3.22. The monoisotopic (exact) mass is 442 g/mol. The second-order valence-electron chi connectivity index (χ2n) is 6.56. The summed E-state index contributed by atoms with van der Waals surface area (Å²) in [4.78, 5) is 27.1. The normalized spacial score (nSPS) is 11.0. The van der Waals surface area contributed by atoms with E-state index in [1.54, 1.807) is 31.0 Å². The van der Waals surface area contributed by atoms with Crippen molar-refractivity contribution in [3.05, 3.63) is 39.8 Å². The Labute approximate surface area is 177 Å². The van der Waals surface area contributed by atoms with E-state index in [-0.39, 0.29) is 24.0 Å². The van der Waals surface area contributed by atoms with Crippen LogP contribution in [-0.4, -0.2) is 51.2 Å². The first-order chi connectivity index (χ1) is 14.2. The molecule has 0 aliphatic rings. The number of thiophene rings is 1. The van der Waals surface area contributed by atoms with Crippen LogP contribution in [0.25, 0.3) is 0 Å². The minimum atomic E-state index is -2.95. The van der Waals surface area contributed by atoms with Gasteiger partial charge in [0.05, 0.1) is 26.3 Å². The molecule has 2 aromatic rings. The number of carbonyl (C=O) groups excluding carboxylic acids is 2. The van der Waals surface area contributed by atoms with Crippen molar-refractivity contribution in [1.82, 2.24) is 4.90 Å². The summed E-state index contributed by atoms with van der Waals surface area (Å²) in [6, 6.07) is 4.59. The molecule has 0 unspecified atom stereocenters. The molecule has 7 nitrogen and oxygen atoms in total. The first-order valence-electron chi connectivity index (χ1n) is 8.94. The van der Waals surface area contributed by atoms with E-state index in [0.29, 0.717) is 17.1 Å². The third-order valence-electron chi connectivity index (χ3n) is 4.34. The van der Waals surface area contributed by atoms with Gasteiger partial charge in [0.1, 0.15) is 5.00 Å². The van der Waals surface area contributed by atoms with Gasteiger partial charge in [0, 0.05) is 11.4 Å². The van der Waals surface area contributed by atoms with E-state index in [1.807, 2.05) is 6.92 Å². The summed E-state index contributed by atoms with van der Waals surface area (Å²) in [6.07, 6.45) is 0. The third-order valence-corrected chi connectivity index (χ3v) is 5.46. The summed E-state index contributed by atoms with van der Waals surface area (Å²) >= 11 is 1.31. The van der Waals surface area contributed by atoms with Crippen LogP contribution in [0.2, 0.25) is 0 Å². The number of ether oxygens (including phenoxy) is 3. The molecular formula is C20H24F2N2O5S. The Morgan fingerprint density at radius 2 is 1.90 bits per heavy atom. The number of hydrogen-bond donors (Lipinski definition) is 1. The standard InChI is InChI=1S/C20H24F2N2O5S/c1-11-12(2)30-18(17(11)19(26)28-5)23-16(25)10-24(3)9-13-6-7-14(29-20(21)22)15(8-13)27-4/h6-8,20H,9-10H2,1-5H3,(H,23,25). The molecule has 0 atom stereocenters. The molecule has 0 spiro atoms. The van der Waals surface area contributed by atoms with Gasteiger partial charge in [-0.15, -0.1) is 11.3 Å². The molecule has 0 radical (unpaired) electrons. The van der Waals surface area contributed by atoms with E-state index in [2.05, 4.69) is 10.1 Å². The zero-order valence-corrected chi connectivity index (χ0v) is 18.2. The van der Waals surface area contributed by atoms with Crippen LogP contribution >= 0.6 is 11.3 Å². The molecule has 1 heterocycles. The largest absolute Gasteiger partial charge is 0.493 e. The van der Waals surface area contributed by atoms with Gasteiger partial charge in [-0.2, -0.15) is 8.78 Å². The smallest absolute Gasteiger partial charge is 0.387 e. The van der Waals surface area contributed by atoms with Gasteiger partial charge in [0.15, 0.2) is 11.5 Å². The zero-order chi connectivity index (χ0) is 22.4. The number of anilines is 1. The van der Waals surface area contributed by atoms with Crippen LogP contribution in [0.5, 0.6) is 11.5 Å². The maximum absolute atomic E-state index is 12.5. The lowest BCUT2D eigenvalue weighted by atomic mass is 10.1. The van der Waals surface area contributed by atoms with Crippen LogP contribution in [0, 0.1) is 13.8 Å². The van der Waals surface area contributed by atoms with E-state index in [0.717, 1.165) is 16.0 Å². The van der Waals surface area contributed by atoms with Crippen LogP contribution in [0.3, 0.4) is 0 Å². The number of carbonyl (C=O) groups is 2. The number of rotatable bonds is 9. The van der Waals surface area contributed by atoms with Crippen molar-refractivity contribution in [3.63, 3.8) is 0 Å². The highest BCUT2D eigenvalue weighted by molar-refractivity contribution is 7.16. The van der Waals surface area contributed by atoms with Gasteiger partial charge >= 0.3 is 12.6 Å². The first kappa shape index (κ1) is 23.6. The highest BCUT2D eigenvalue weighted by Gasteiger charge is 2.22. The number of nitrogens with zero attached hydrogens (tertiary/aromatic N) is 1. The maximum Gasteiger partial charge on any atom is 0.387 e. The van der Waals surface area contributed by atoms with Gasteiger partial charge in [-0.3, -0.25) is 9.69 Å². The highest BCUT2D eigenvalue weighted by atomic mass is 32.1. The second kappa shape index (κ2) is 10.4. The first-order valence-corrected chi connectivity index (χ1v) is 9.76. The number of likely N-dealkylation sites (N-methyl/N-ethyl adjacent to an activating group) is 1. The maximum atomic E-state index is 12.5. The van der Waals surface area contributed by atoms with Gasteiger partial charge in [-0.05, 0) is 44.2 Å². The number of hydrogen-bond acceptors (Lipinski definition) is 7. The van der Waals surface area contributed by atoms with E-state index in [1.165, 1.54) is 31.6 Å². The van der Waals surface area contributed by atoms with E-state index in [9.17, 15) is 18.4 Å². The third kappa shape index (κ3) is 5.90. The molecule has 0 saturated carbocycles. The summed E-state index contributed by atoms with van der Waals surface area (Å²) in [5.74, 6) is -0.680. The van der Waals surface area contributed by atoms with E-state index < -0.39 is 12.6 Å². The molecule has 164 valence electrons. The molecular weight excluding hydrogens is 418 g/mol. The van der Waals surface area contributed by atoms with Crippen LogP contribution in [0.15, 0.2) is 18.2 Å². The van der Waals surface area contributed by atoms with Crippen molar-refractivity contribution >= 4 is 28.2 Å². The number of nitrogens with one attached hydrogen (secondary N) is 1. The number of esters is 1. The Kier molecular flexibility index (Phi) is 8.13. The second-order valence-corrected chi connectivity index (χ2v) is 7.79. The SMILES string of the molecule is COC(=O)c1c(NC(=O)CN(C)Cc2ccc(OC(F)F)c(OC)c2)sc(C)c1C. The molecule has 0 aliphatic heterocycles. The number of methoxy groups -OCH3 is 2. The summed E-state index contributed by atoms with van der Waals surface area (Å²) < 4.78 is 39.2. The zero-order valence-electron chi connectivity index (χ0n) is 17.4. The molecule has 2 rings (SSSR count). The topological polar surface area (TPSA) is 77.1 Å². The molecule has 0 bridgehead atoms. The summed E-state index contributed by atoms with van der Waals surface area (Å²) in [5.41, 5.74) is 1.88. The number of halogens is 2. The van der Waals surface area contributed by atoms with Crippen LogP contribution in [0.1, 0.15) is 26.4 Å². The van der Waals surface area contributed by atoms with Crippen molar-refractivity contribution in [2.45, 2.75) is 27.0 Å². The van der Waals surface area contributed by atoms with E-state index in [4.69, 9.17) is 9.47 Å². The average Bonchev–Trinajstić information content (AvgIpc) is 2.95. The number of amides is 1. The van der Waals surface area contributed by atoms with Gasteiger partial charge in [-0.25, -0.2) is 4.79 Å². The summed E-state index contributed by atoms with van der Waals surface area (Å²) in [6.45, 7) is 1.13. The number of aryl methyl sites for hydroxylation is 1. The highest BCUT2D eigenvalue weighted by Crippen LogP contribution is 2.33. The van der Waals surface area contributed by atoms with Crippen molar-refractivity contribution in [2.75, 3.05) is 33.1 Å². The predicted molar refractivity (Wildman–Crippen MR) is 110 cm³/mol. The van der Waals surface area contributed by atoms with Gasteiger partial charge in [0.25, 0.3) is 0 Å². The Hall–Kier alpha value is -2.72.